The first kappa shape index (κ1) is 16.3. The van der Waals surface area contributed by atoms with Crippen molar-refractivity contribution in [2.45, 2.75) is 0 Å². The van der Waals surface area contributed by atoms with Crippen molar-refractivity contribution >= 4 is 47.0 Å². The number of benzene rings is 1. The molecule has 1 aliphatic rings. The SMILES string of the molecule is O=C(O)C(C(=O)/C=C/c1ccccc1[N+](=O)[O-])=C1SCCS1. The minimum Gasteiger partial charge on any atom is -0.477 e. The fourth-order valence-corrected chi connectivity index (χ4v) is 4.33. The molecule has 114 valence electrons. The number of carboxylic acid groups (broad SMARTS) is 1. The number of hydrogen-bond donors (Lipinski definition) is 1. The van der Waals surface area contributed by atoms with Gasteiger partial charge in [0.2, 0.25) is 0 Å². The standard InChI is InChI=1S/C14H11NO5S2/c16-11(12(13(17)18)14-21-7-8-22-14)6-5-9-3-1-2-4-10(9)15(19)20/h1-6H,7-8H2,(H,17,18)/b6-5+. The monoisotopic (exact) mass is 337 g/mol. The summed E-state index contributed by atoms with van der Waals surface area (Å²) in [6.07, 6.45) is 2.34. The quantitative estimate of drug-likeness (QED) is 0.290. The highest BCUT2D eigenvalue weighted by Gasteiger charge is 2.24. The van der Waals surface area contributed by atoms with E-state index in [1.165, 1.54) is 47.8 Å². The fourth-order valence-electron chi connectivity index (χ4n) is 1.79. The van der Waals surface area contributed by atoms with Crippen molar-refractivity contribution < 1.29 is 19.6 Å². The Hall–Kier alpha value is -2.06. The van der Waals surface area contributed by atoms with Gasteiger partial charge in [-0.3, -0.25) is 14.9 Å². The highest BCUT2D eigenvalue weighted by Crippen LogP contribution is 2.39. The van der Waals surface area contributed by atoms with Crippen molar-refractivity contribution in [1.29, 1.82) is 0 Å². The lowest BCUT2D eigenvalue weighted by Gasteiger charge is -2.01. The van der Waals surface area contributed by atoms with Crippen LogP contribution in [0.2, 0.25) is 0 Å². The highest BCUT2D eigenvalue weighted by atomic mass is 32.2. The molecule has 0 unspecified atom stereocenters. The maximum atomic E-state index is 12.1. The summed E-state index contributed by atoms with van der Waals surface area (Å²) < 4.78 is 0.490. The third kappa shape index (κ3) is 3.77. The van der Waals surface area contributed by atoms with Gasteiger partial charge in [-0.2, -0.15) is 0 Å². The van der Waals surface area contributed by atoms with Crippen LogP contribution in [-0.2, 0) is 9.59 Å². The van der Waals surface area contributed by atoms with Crippen LogP contribution in [0, 0.1) is 10.1 Å². The minimum atomic E-state index is -1.28. The molecule has 1 fully saturated rings. The average molecular weight is 337 g/mol. The molecule has 0 radical (unpaired) electrons. The molecule has 0 saturated carbocycles. The molecule has 0 bridgehead atoms. The molecule has 0 atom stereocenters. The van der Waals surface area contributed by atoms with E-state index in [-0.39, 0.29) is 16.8 Å². The number of allylic oxidation sites excluding steroid dienone is 1. The molecule has 8 heteroatoms. The van der Waals surface area contributed by atoms with Crippen molar-refractivity contribution in [2.75, 3.05) is 11.5 Å². The van der Waals surface area contributed by atoms with Crippen LogP contribution in [0.25, 0.3) is 6.08 Å². The van der Waals surface area contributed by atoms with E-state index >= 15 is 0 Å². The molecule has 0 spiro atoms. The number of nitro groups is 1. The van der Waals surface area contributed by atoms with E-state index in [1.807, 2.05) is 0 Å². The highest BCUT2D eigenvalue weighted by molar-refractivity contribution is 8.25. The number of nitrogens with zero attached hydrogens (tertiary/aromatic N) is 1. The largest absolute Gasteiger partial charge is 0.477 e. The molecule has 1 aliphatic heterocycles. The van der Waals surface area contributed by atoms with Gasteiger partial charge in [0.1, 0.15) is 5.57 Å². The maximum Gasteiger partial charge on any atom is 0.341 e. The lowest BCUT2D eigenvalue weighted by Crippen LogP contribution is -2.11. The Morgan fingerprint density at radius 3 is 2.45 bits per heavy atom. The summed E-state index contributed by atoms with van der Waals surface area (Å²) in [6, 6.07) is 5.95. The lowest BCUT2D eigenvalue weighted by atomic mass is 10.1. The van der Waals surface area contributed by atoms with Crippen LogP contribution >= 0.6 is 23.5 Å². The van der Waals surface area contributed by atoms with Gasteiger partial charge in [-0.25, -0.2) is 4.79 Å². The zero-order valence-electron chi connectivity index (χ0n) is 11.2. The summed E-state index contributed by atoms with van der Waals surface area (Å²) in [5.74, 6) is -0.424. The van der Waals surface area contributed by atoms with E-state index in [9.17, 15) is 24.8 Å². The molecule has 2 rings (SSSR count). The van der Waals surface area contributed by atoms with Gasteiger partial charge in [0, 0.05) is 17.6 Å². The molecular weight excluding hydrogens is 326 g/mol. The van der Waals surface area contributed by atoms with Crippen LogP contribution in [0.15, 0.2) is 40.2 Å². The Kier molecular flexibility index (Phi) is 5.40. The van der Waals surface area contributed by atoms with Crippen LogP contribution in [0.3, 0.4) is 0 Å². The number of thioether (sulfide) groups is 2. The molecule has 1 saturated heterocycles. The number of ketones is 1. The Morgan fingerprint density at radius 1 is 1.23 bits per heavy atom. The van der Waals surface area contributed by atoms with Crippen LogP contribution in [-0.4, -0.2) is 33.3 Å². The second-order valence-electron chi connectivity index (χ2n) is 4.18. The topological polar surface area (TPSA) is 97.5 Å². The molecule has 6 nitrogen and oxygen atoms in total. The van der Waals surface area contributed by atoms with Gasteiger partial charge in [0.25, 0.3) is 5.69 Å². The molecule has 1 N–H and O–H groups in total. The number of para-hydroxylation sites is 1. The van der Waals surface area contributed by atoms with E-state index < -0.39 is 16.7 Å². The lowest BCUT2D eigenvalue weighted by molar-refractivity contribution is -0.385. The third-order valence-electron chi connectivity index (χ3n) is 2.76. The average Bonchev–Trinajstić information content (AvgIpc) is 2.99. The van der Waals surface area contributed by atoms with Gasteiger partial charge in [0.15, 0.2) is 5.78 Å². The number of hydrogen-bond acceptors (Lipinski definition) is 6. The number of carboxylic acids is 1. The van der Waals surface area contributed by atoms with Gasteiger partial charge in [-0.05, 0) is 18.2 Å². The Morgan fingerprint density at radius 2 is 1.86 bits per heavy atom. The molecule has 0 aromatic heterocycles. The Bertz CT molecular complexity index is 688. The predicted octanol–water partition coefficient (Wildman–Crippen LogP) is 2.95. The Labute approximate surface area is 134 Å². The zero-order chi connectivity index (χ0) is 16.1. The van der Waals surface area contributed by atoms with Crippen LogP contribution < -0.4 is 0 Å². The number of rotatable bonds is 5. The van der Waals surface area contributed by atoms with Gasteiger partial charge >= 0.3 is 5.97 Å². The first-order valence-electron chi connectivity index (χ1n) is 6.19. The Balaban J connectivity index is 2.30. The molecule has 1 heterocycles. The van der Waals surface area contributed by atoms with Gasteiger partial charge in [-0.1, -0.05) is 12.1 Å². The van der Waals surface area contributed by atoms with Crippen LogP contribution in [0.5, 0.6) is 0 Å². The molecule has 0 aliphatic carbocycles. The molecule has 1 aromatic rings. The predicted molar refractivity (Wildman–Crippen MR) is 86.7 cm³/mol. The molecule has 22 heavy (non-hydrogen) atoms. The second-order valence-corrected chi connectivity index (χ2v) is 6.65. The van der Waals surface area contributed by atoms with Crippen molar-refractivity contribution in [2.24, 2.45) is 0 Å². The van der Waals surface area contributed by atoms with E-state index in [4.69, 9.17) is 0 Å². The third-order valence-corrected chi connectivity index (χ3v) is 5.48. The van der Waals surface area contributed by atoms with Crippen molar-refractivity contribution in [3.05, 3.63) is 55.8 Å². The smallest absolute Gasteiger partial charge is 0.341 e. The summed E-state index contributed by atoms with van der Waals surface area (Å²) in [6.45, 7) is 0. The number of carbonyl (C=O) groups is 2. The van der Waals surface area contributed by atoms with E-state index in [0.29, 0.717) is 4.24 Å². The van der Waals surface area contributed by atoms with Crippen molar-refractivity contribution in [3.8, 4) is 0 Å². The molecule has 0 amide bonds. The normalized spacial score (nSPS) is 14.3. The van der Waals surface area contributed by atoms with Gasteiger partial charge in [0.05, 0.1) is 14.7 Å². The summed E-state index contributed by atoms with van der Waals surface area (Å²) >= 11 is 2.67. The fraction of sp³-hybridized carbons (Fsp3) is 0.143. The van der Waals surface area contributed by atoms with Gasteiger partial charge in [-0.15, -0.1) is 23.5 Å². The summed E-state index contributed by atoms with van der Waals surface area (Å²) in [5.41, 5.74) is -0.162. The second kappa shape index (κ2) is 7.28. The number of nitro benzene ring substituents is 1. The number of aliphatic carboxylic acids is 1. The van der Waals surface area contributed by atoms with E-state index in [2.05, 4.69) is 0 Å². The maximum absolute atomic E-state index is 12.1. The molecule has 1 aromatic carbocycles. The summed E-state index contributed by atoms with van der Waals surface area (Å²) in [5, 5.41) is 20.1. The number of carbonyl (C=O) groups excluding carboxylic acids is 1. The minimum absolute atomic E-state index is 0.138. The summed E-state index contributed by atoms with van der Waals surface area (Å²) in [7, 11) is 0. The van der Waals surface area contributed by atoms with E-state index in [0.717, 1.165) is 17.6 Å². The van der Waals surface area contributed by atoms with Crippen LogP contribution in [0.1, 0.15) is 5.56 Å². The van der Waals surface area contributed by atoms with Gasteiger partial charge < -0.3 is 5.11 Å². The van der Waals surface area contributed by atoms with E-state index in [1.54, 1.807) is 6.07 Å². The zero-order valence-corrected chi connectivity index (χ0v) is 12.9. The van der Waals surface area contributed by atoms with Crippen molar-refractivity contribution in [1.82, 2.24) is 0 Å². The van der Waals surface area contributed by atoms with Crippen molar-refractivity contribution in [3.63, 3.8) is 0 Å². The summed E-state index contributed by atoms with van der Waals surface area (Å²) in [4.78, 5) is 33.7. The first-order chi connectivity index (χ1) is 10.5. The van der Waals surface area contributed by atoms with Crippen LogP contribution in [0.4, 0.5) is 5.69 Å². The molecular formula is C14H11NO5S2. The first-order valence-corrected chi connectivity index (χ1v) is 8.17.